The Morgan fingerprint density at radius 1 is 1.29 bits per heavy atom. The predicted molar refractivity (Wildman–Crippen MR) is 70.8 cm³/mol. The number of carbonyl (C=O) groups is 1. The molecule has 0 saturated carbocycles. The number of carboxylic acids is 1. The van der Waals surface area contributed by atoms with Gasteiger partial charge >= 0.3 is 12.1 Å². The summed E-state index contributed by atoms with van der Waals surface area (Å²) in [6, 6.07) is 1.85. The van der Waals surface area contributed by atoms with Gasteiger partial charge in [0.05, 0.1) is 5.56 Å². The molecule has 0 fully saturated rings. The van der Waals surface area contributed by atoms with Crippen LogP contribution in [0.1, 0.15) is 31.4 Å². The summed E-state index contributed by atoms with van der Waals surface area (Å²) in [6.07, 6.45) is -4.20. The summed E-state index contributed by atoms with van der Waals surface area (Å²) in [5.41, 5.74) is -0.785. The standard InChI is InChI=1S/C14H18F3NO3/c1-8(2)3-12(13(20)21)18-7-9-4-10(14(15,16)17)6-11(19)5-9/h4-6,8,12,18-19H,3,7H2,1-2H3,(H,20,21)/t12-/m0/s1. The third-order valence-electron chi connectivity index (χ3n) is 2.86. The van der Waals surface area contributed by atoms with Gasteiger partial charge in [0.2, 0.25) is 0 Å². The van der Waals surface area contributed by atoms with Gasteiger partial charge in [0.15, 0.2) is 0 Å². The van der Waals surface area contributed by atoms with E-state index >= 15 is 0 Å². The van der Waals surface area contributed by atoms with Gasteiger partial charge in [-0.25, -0.2) is 0 Å². The number of nitrogens with one attached hydrogen (secondary N) is 1. The first kappa shape index (κ1) is 17.3. The maximum atomic E-state index is 12.6. The van der Waals surface area contributed by atoms with E-state index in [1.165, 1.54) is 6.07 Å². The minimum Gasteiger partial charge on any atom is -0.508 e. The number of aromatic hydroxyl groups is 1. The third-order valence-corrected chi connectivity index (χ3v) is 2.86. The van der Waals surface area contributed by atoms with Crippen molar-refractivity contribution in [3.05, 3.63) is 29.3 Å². The molecule has 1 atom stereocenters. The minimum absolute atomic E-state index is 0.0683. The summed E-state index contributed by atoms with van der Waals surface area (Å²) in [6.45, 7) is 3.64. The molecule has 0 aliphatic rings. The van der Waals surface area contributed by atoms with Crippen molar-refractivity contribution in [1.82, 2.24) is 5.32 Å². The monoisotopic (exact) mass is 305 g/mol. The molecule has 0 radical (unpaired) electrons. The van der Waals surface area contributed by atoms with Crippen LogP contribution in [0, 0.1) is 5.92 Å². The molecule has 0 amide bonds. The van der Waals surface area contributed by atoms with Gasteiger partial charge < -0.3 is 15.5 Å². The van der Waals surface area contributed by atoms with Crippen molar-refractivity contribution in [2.45, 2.75) is 39.0 Å². The first-order valence-electron chi connectivity index (χ1n) is 6.46. The van der Waals surface area contributed by atoms with Gasteiger partial charge in [0.25, 0.3) is 0 Å². The molecule has 0 aromatic heterocycles. The van der Waals surface area contributed by atoms with Crippen LogP contribution < -0.4 is 5.32 Å². The number of hydrogen-bond acceptors (Lipinski definition) is 3. The van der Waals surface area contributed by atoms with Crippen molar-refractivity contribution in [2.75, 3.05) is 0 Å². The number of alkyl halides is 3. The first-order valence-corrected chi connectivity index (χ1v) is 6.46. The molecule has 1 rings (SSSR count). The largest absolute Gasteiger partial charge is 0.508 e. The average molecular weight is 305 g/mol. The number of phenols is 1. The Morgan fingerprint density at radius 2 is 1.90 bits per heavy atom. The molecular formula is C14H18F3NO3. The van der Waals surface area contributed by atoms with E-state index in [0.717, 1.165) is 6.07 Å². The van der Waals surface area contributed by atoms with Gasteiger partial charge in [0.1, 0.15) is 11.8 Å². The summed E-state index contributed by atoms with van der Waals surface area (Å²) in [5.74, 6) is -1.43. The molecule has 0 spiro atoms. The Labute approximate surface area is 120 Å². The van der Waals surface area contributed by atoms with E-state index in [0.29, 0.717) is 12.5 Å². The fraction of sp³-hybridized carbons (Fsp3) is 0.500. The Bertz CT molecular complexity index is 501. The van der Waals surface area contributed by atoms with Crippen LogP contribution >= 0.6 is 0 Å². The van der Waals surface area contributed by atoms with Crippen LogP contribution in [-0.4, -0.2) is 22.2 Å². The second-order valence-electron chi connectivity index (χ2n) is 5.29. The predicted octanol–water partition coefficient (Wildman–Crippen LogP) is 3.00. The summed E-state index contributed by atoms with van der Waals surface area (Å²) in [5, 5.41) is 21.1. The maximum Gasteiger partial charge on any atom is 0.416 e. The lowest BCUT2D eigenvalue weighted by Gasteiger charge is -2.17. The SMILES string of the molecule is CC(C)C[C@H](NCc1cc(O)cc(C(F)(F)F)c1)C(=O)O. The summed E-state index contributed by atoms with van der Waals surface area (Å²) >= 11 is 0. The maximum absolute atomic E-state index is 12.6. The Balaban J connectivity index is 2.83. The van der Waals surface area contributed by atoms with Crippen molar-refractivity contribution in [3.8, 4) is 5.75 Å². The van der Waals surface area contributed by atoms with E-state index in [2.05, 4.69) is 5.32 Å². The van der Waals surface area contributed by atoms with E-state index in [-0.39, 0.29) is 18.0 Å². The number of hydrogen-bond donors (Lipinski definition) is 3. The molecule has 0 saturated heterocycles. The Morgan fingerprint density at radius 3 is 2.38 bits per heavy atom. The van der Waals surface area contributed by atoms with Crippen LogP contribution in [0.2, 0.25) is 0 Å². The molecule has 4 nitrogen and oxygen atoms in total. The highest BCUT2D eigenvalue weighted by Gasteiger charge is 2.31. The fourth-order valence-electron chi connectivity index (χ4n) is 1.92. The summed E-state index contributed by atoms with van der Waals surface area (Å²) in [7, 11) is 0. The van der Waals surface area contributed by atoms with E-state index in [9.17, 15) is 23.1 Å². The number of halogens is 3. The van der Waals surface area contributed by atoms with E-state index in [1.54, 1.807) is 0 Å². The number of aliphatic carboxylic acids is 1. The zero-order valence-corrected chi connectivity index (χ0v) is 11.7. The van der Waals surface area contributed by atoms with Crippen LogP contribution in [0.15, 0.2) is 18.2 Å². The van der Waals surface area contributed by atoms with E-state index in [4.69, 9.17) is 5.11 Å². The van der Waals surface area contributed by atoms with E-state index in [1.807, 2.05) is 13.8 Å². The highest BCUT2D eigenvalue weighted by molar-refractivity contribution is 5.73. The average Bonchev–Trinajstić information content (AvgIpc) is 2.32. The zero-order valence-electron chi connectivity index (χ0n) is 11.7. The lowest BCUT2D eigenvalue weighted by Crippen LogP contribution is -2.37. The first-order chi connectivity index (χ1) is 9.59. The Hall–Kier alpha value is -1.76. The molecule has 7 heteroatoms. The minimum atomic E-state index is -4.56. The molecule has 21 heavy (non-hydrogen) atoms. The van der Waals surface area contributed by atoms with Gasteiger partial charge in [-0.2, -0.15) is 13.2 Å². The van der Waals surface area contributed by atoms with Crippen molar-refractivity contribution in [2.24, 2.45) is 5.92 Å². The Kier molecular flexibility index (Phi) is 5.60. The molecule has 0 bridgehead atoms. The smallest absolute Gasteiger partial charge is 0.416 e. The number of carboxylic acid groups (broad SMARTS) is 1. The van der Waals surface area contributed by atoms with Gasteiger partial charge in [-0.15, -0.1) is 0 Å². The van der Waals surface area contributed by atoms with E-state index < -0.39 is 29.5 Å². The molecule has 0 aliphatic heterocycles. The second-order valence-corrected chi connectivity index (χ2v) is 5.29. The molecule has 0 aliphatic carbocycles. The van der Waals surface area contributed by atoms with Crippen molar-refractivity contribution in [3.63, 3.8) is 0 Å². The quantitative estimate of drug-likeness (QED) is 0.755. The van der Waals surface area contributed by atoms with Gasteiger partial charge in [-0.3, -0.25) is 4.79 Å². The second kappa shape index (κ2) is 6.80. The molecule has 3 N–H and O–H groups in total. The highest BCUT2D eigenvalue weighted by atomic mass is 19.4. The number of rotatable bonds is 6. The lowest BCUT2D eigenvalue weighted by atomic mass is 10.0. The van der Waals surface area contributed by atoms with Crippen LogP contribution in [0.4, 0.5) is 13.2 Å². The molecular weight excluding hydrogens is 287 g/mol. The summed E-state index contributed by atoms with van der Waals surface area (Å²) in [4.78, 5) is 11.1. The van der Waals surface area contributed by atoms with Crippen LogP contribution in [0.25, 0.3) is 0 Å². The molecule has 0 unspecified atom stereocenters. The third kappa shape index (κ3) is 5.63. The van der Waals surface area contributed by atoms with Crippen LogP contribution in [0.3, 0.4) is 0 Å². The van der Waals surface area contributed by atoms with Gasteiger partial charge in [-0.05, 0) is 36.1 Å². The van der Waals surface area contributed by atoms with Crippen molar-refractivity contribution in [1.29, 1.82) is 0 Å². The highest BCUT2D eigenvalue weighted by Crippen LogP contribution is 2.32. The van der Waals surface area contributed by atoms with Gasteiger partial charge in [-0.1, -0.05) is 13.8 Å². The number of benzene rings is 1. The molecule has 118 valence electrons. The van der Waals surface area contributed by atoms with Crippen LogP contribution in [-0.2, 0) is 17.5 Å². The molecule has 1 aromatic carbocycles. The molecule has 0 heterocycles. The zero-order chi connectivity index (χ0) is 16.2. The lowest BCUT2D eigenvalue weighted by molar-refractivity contribution is -0.140. The van der Waals surface area contributed by atoms with Crippen molar-refractivity contribution >= 4 is 5.97 Å². The number of phenolic OH excluding ortho intramolecular Hbond substituents is 1. The van der Waals surface area contributed by atoms with Crippen molar-refractivity contribution < 1.29 is 28.2 Å². The fourth-order valence-corrected chi connectivity index (χ4v) is 1.92. The van der Waals surface area contributed by atoms with Gasteiger partial charge in [0, 0.05) is 6.54 Å². The van der Waals surface area contributed by atoms with Crippen LogP contribution in [0.5, 0.6) is 5.75 Å². The summed E-state index contributed by atoms with van der Waals surface area (Å²) < 4.78 is 37.9. The molecule has 1 aromatic rings. The topological polar surface area (TPSA) is 69.6 Å². The normalized spacial score (nSPS) is 13.4.